The molecule has 0 bridgehead atoms. The Morgan fingerprint density at radius 1 is 1.27 bits per heavy atom. The number of rotatable bonds is 7. The molecule has 3 rings (SSSR count). The van der Waals surface area contributed by atoms with Gasteiger partial charge in [0, 0.05) is 24.1 Å². The topological polar surface area (TPSA) is 43.1 Å². The minimum atomic E-state index is 0.0772. The van der Waals surface area contributed by atoms with Crippen LogP contribution in [0, 0.1) is 0 Å². The minimum Gasteiger partial charge on any atom is -0.468 e. The Labute approximate surface area is 137 Å². The highest BCUT2D eigenvalue weighted by Gasteiger charge is 2.19. The summed E-state index contributed by atoms with van der Waals surface area (Å²) in [5.74, 6) is 1.84. The quantitative estimate of drug-likeness (QED) is 0.573. The number of thiophene rings is 1. The smallest absolute Gasteiger partial charge is 0.174 e. The number of nitrogens with zero attached hydrogens (tertiary/aromatic N) is 1. The summed E-state index contributed by atoms with van der Waals surface area (Å²) in [4.78, 5) is 17.4. The van der Waals surface area contributed by atoms with Gasteiger partial charge in [0.2, 0.25) is 0 Å². The van der Waals surface area contributed by atoms with E-state index in [0.717, 1.165) is 22.0 Å². The van der Waals surface area contributed by atoms with Gasteiger partial charge >= 0.3 is 0 Å². The number of carbonyl (C=O) groups excluding carboxylic acids is 1. The van der Waals surface area contributed by atoms with Crippen molar-refractivity contribution in [3.63, 3.8) is 0 Å². The first-order valence-corrected chi connectivity index (χ1v) is 8.86. The van der Waals surface area contributed by atoms with E-state index >= 15 is 0 Å². The Morgan fingerprint density at radius 3 is 2.91 bits per heavy atom. The zero-order valence-corrected chi connectivity index (χ0v) is 13.5. The lowest BCUT2D eigenvalue weighted by Gasteiger charge is -2.15. The van der Waals surface area contributed by atoms with Crippen LogP contribution < -0.4 is 0 Å². The van der Waals surface area contributed by atoms with E-state index in [4.69, 9.17) is 4.42 Å². The fourth-order valence-corrected chi connectivity index (χ4v) is 3.93. The molecule has 0 amide bonds. The molecule has 5 heteroatoms. The molecule has 0 aromatic carbocycles. The Balaban J connectivity index is 1.72. The summed E-state index contributed by atoms with van der Waals surface area (Å²) >= 11 is 3.20. The second kappa shape index (κ2) is 7.42. The van der Waals surface area contributed by atoms with Crippen molar-refractivity contribution in [1.29, 1.82) is 0 Å². The molecule has 22 heavy (non-hydrogen) atoms. The van der Waals surface area contributed by atoms with Crippen LogP contribution in [0.3, 0.4) is 0 Å². The van der Waals surface area contributed by atoms with Crippen molar-refractivity contribution in [2.45, 2.75) is 17.4 Å². The molecule has 112 valence electrons. The molecule has 3 aromatic rings. The average Bonchev–Trinajstić information content (AvgIpc) is 3.25. The molecule has 1 atom stereocenters. The van der Waals surface area contributed by atoms with Crippen LogP contribution >= 0.6 is 23.1 Å². The molecule has 3 aromatic heterocycles. The van der Waals surface area contributed by atoms with Crippen LogP contribution in [0.15, 0.2) is 64.9 Å². The predicted octanol–water partition coefficient (Wildman–Crippen LogP) is 4.98. The minimum absolute atomic E-state index is 0.0772. The Hall–Kier alpha value is -1.85. The molecule has 3 heterocycles. The third-order valence-electron chi connectivity index (χ3n) is 3.23. The van der Waals surface area contributed by atoms with Crippen LogP contribution in [0.1, 0.15) is 32.7 Å². The number of pyridine rings is 1. The van der Waals surface area contributed by atoms with Crippen LogP contribution in [-0.2, 0) is 5.75 Å². The first-order chi connectivity index (χ1) is 10.8. The van der Waals surface area contributed by atoms with Gasteiger partial charge in [0.25, 0.3) is 0 Å². The van der Waals surface area contributed by atoms with E-state index in [2.05, 4.69) is 4.98 Å². The number of furan rings is 1. The van der Waals surface area contributed by atoms with E-state index < -0.39 is 0 Å². The molecule has 0 aliphatic carbocycles. The van der Waals surface area contributed by atoms with Crippen LogP contribution in [0.2, 0.25) is 0 Å². The van der Waals surface area contributed by atoms with Gasteiger partial charge in [0.05, 0.1) is 16.9 Å². The summed E-state index contributed by atoms with van der Waals surface area (Å²) in [6, 6.07) is 11.6. The number of aromatic nitrogens is 1. The van der Waals surface area contributed by atoms with E-state index in [1.165, 1.54) is 11.3 Å². The van der Waals surface area contributed by atoms with Crippen molar-refractivity contribution in [3.05, 3.63) is 76.6 Å². The zero-order valence-electron chi connectivity index (χ0n) is 11.8. The summed E-state index contributed by atoms with van der Waals surface area (Å²) in [7, 11) is 0. The van der Waals surface area contributed by atoms with E-state index in [1.54, 1.807) is 24.2 Å². The van der Waals surface area contributed by atoms with E-state index in [0.29, 0.717) is 6.42 Å². The van der Waals surface area contributed by atoms with E-state index in [9.17, 15) is 4.79 Å². The van der Waals surface area contributed by atoms with Gasteiger partial charge < -0.3 is 4.42 Å². The fourth-order valence-electron chi connectivity index (χ4n) is 2.12. The molecule has 0 unspecified atom stereocenters. The molecule has 0 aliphatic rings. The zero-order chi connectivity index (χ0) is 15.2. The third kappa shape index (κ3) is 3.87. The highest BCUT2D eigenvalue weighted by atomic mass is 32.2. The fraction of sp³-hybridized carbons (Fsp3) is 0.176. The van der Waals surface area contributed by atoms with Crippen molar-refractivity contribution in [2.24, 2.45) is 0 Å². The van der Waals surface area contributed by atoms with Gasteiger partial charge in [-0.1, -0.05) is 12.1 Å². The maximum Gasteiger partial charge on any atom is 0.174 e. The molecule has 0 saturated heterocycles. The normalized spacial score (nSPS) is 12.2. The highest BCUT2D eigenvalue weighted by molar-refractivity contribution is 7.98. The Kier molecular flexibility index (Phi) is 5.08. The predicted molar refractivity (Wildman–Crippen MR) is 90.2 cm³/mol. The van der Waals surface area contributed by atoms with Crippen molar-refractivity contribution in [1.82, 2.24) is 4.98 Å². The van der Waals surface area contributed by atoms with Gasteiger partial charge in [-0.25, -0.2) is 0 Å². The summed E-state index contributed by atoms with van der Waals surface area (Å²) in [6.07, 6.45) is 5.73. The lowest BCUT2D eigenvalue weighted by Crippen LogP contribution is -2.04. The van der Waals surface area contributed by atoms with Gasteiger partial charge in [-0.05, 0) is 35.2 Å². The van der Waals surface area contributed by atoms with E-state index in [1.807, 2.05) is 48.0 Å². The molecule has 0 saturated carbocycles. The van der Waals surface area contributed by atoms with Gasteiger partial charge in [-0.15, -0.1) is 23.1 Å². The molecule has 0 fully saturated rings. The van der Waals surface area contributed by atoms with Gasteiger partial charge in [0.15, 0.2) is 5.78 Å². The summed E-state index contributed by atoms with van der Waals surface area (Å²) in [5, 5.41) is 2.01. The first kappa shape index (κ1) is 15.1. The molecule has 0 aliphatic heterocycles. The highest BCUT2D eigenvalue weighted by Crippen LogP contribution is 2.35. The molecule has 3 nitrogen and oxygen atoms in total. The van der Waals surface area contributed by atoms with Gasteiger partial charge in [-0.2, -0.15) is 0 Å². The van der Waals surface area contributed by atoms with E-state index in [-0.39, 0.29) is 11.0 Å². The number of carbonyl (C=O) groups is 1. The number of Topliss-reactive ketones (excluding diaryl/α,β-unsaturated/α-hetero) is 1. The number of hydrogen-bond donors (Lipinski definition) is 0. The maximum atomic E-state index is 12.4. The Bertz CT molecular complexity index is 694. The van der Waals surface area contributed by atoms with Crippen LogP contribution in [-0.4, -0.2) is 10.8 Å². The monoisotopic (exact) mass is 329 g/mol. The van der Waals surface area contributed by atoms with Crippen molar-refractivity contribution < 1.29 is 9.21 Å². The summed E-state index contributed by atoms with van der Waals surface area (Å²) in [6.45, 7) is 0. The van der Waals surface area contributed by atoms with Gasteiger partial charge in [-0.3, -0.25) is 9.78 Å². The molecule has 0 spiro atoms. The first-order valence-electron chi connectivity index (χ1n) is 6.93. The van der Waals surface area contributed by atoms with Crippen molar-refractivity contribution in [3.8, 4) is 0 Å². The lowest BCUT2D eigenvalue weighted by molar-refractivity contribution is 0.0986. The average molecular weight is 329 g/mol. The lowest BCUT2D eigenvalue weighted by atomic mass is 10.1. The summed E-state index contributed by atoms with van der Waals surface area (Å²) in [5.41, 5.74) is 1.07. The maximum absolute atomic E-state index is 12.4. The standard InChI is InChI=1S/C17H15NO2S2/c19-15(16-6-3-9-21-16)10-17(13-4-1-7-18-11-13)22-12-14-5-2-8-20-14/h1-9,11,17H,10,12H2/t17-/m0/s1. The van der Waals surface area contributed by atoms with Crippen molar-refractivity contribution in [2.75, 3.05) is 0 Å². The third-order valence-corrected chi connectivity index (χ3v) is 5.43. The molecule has 0 radical (unpaired) electrons. The second-order valence-electron chi connectivity index (χ2n) is 4.77. The largest absolute Gasteiger partial charge is 0.468 e. The molecule has 0 N–H and O–H groups in total. The van der Waals surface area contributed by atoms with Gasteiger partial charge in [0.1, 0.15) is 5.76 Å². The molecular formula is C17H15NO2S2. The van der Waals surface area contributed by atoms with Crippen LogP contribution in [0.5, 0.6) is 0 Å². The molecular weight excluding hydrogens is 314 g/mol. The van der Waals surface area contributed by atoms with Crippen LogP contribution in [0.25, 0.3) is 0 Å². The number of ketones is 1. The van der Waals surface area contributed by atoms with Crippen LogP contribution in [0.4, 0.5) is 0 Å². The second-order valence-corrected chi connectivity index (χ2v) is 6.91. The summed E-state index contributed by atoms with van der Waals surface area (Å²) < 4.78 is 5.38. The SMILES string of the molecule is O=C(C[C@H](SCc1ccco1)c1cccnc1)c1cccs1. The number of hydrogen-bond acceptors (Lipinski definition) is 5. The number of thioether (sulfide) groups is 1. The van der Waals surface area contributed by atoms with Crippen molar-refractivity contribution >= 4 is 28.9 Å². The Morgan fingerprint density at radius 2 is 2.23 bits per heavy atom.